The summed E-state index contributed by atoms with van der Waals surface area (Å²) in [7, 11) is 2.74. The Kier molecular flexibility index (Phi) is 5.10. The molecule has 30 heavy (non-hydrogen) atoms. The summed E-state index contributed by atoms with van der Waals surface area (Å²) in [5.41, 5.74) is 1.65. The van der Waals surface area contributed by atoms with Gasteiger partial charge in [0, 0.05) is 38.9 Å². The van der Waals surface area contributed by atoms with E-state index in [0.29, 0.717) is 54.1 Å². The Hall–Kier alpha value is -3.15. The number of nitrogens with zero attached hydrogens (tertiary/aromatic N) is 7. The Morgan fingerprint density at radius 2 is 2.03 bits per heavy atom. The van der Waals surface area contributed by atoms with Gasteiger partial charge in [0.25, 0.3) is 5.91 Å². The molecule has 3 aromatic heterocycles. The van der Waals surface area contributed by atoms with E-state index in [1.54, 1.807) is 29.9 Å². The monoisotopic (exact) mass is 423 g/mol. The molecular formula is C18H20F3N7O2. The fourth-order valence-corrected chi connectivity index (χ4v) is 3.40. The summed E-state index contributed by atoms with van der Waals surface area (Å²) in [5.74, 6) is -0.188. The number of anilines is 1. The summed E-state index contributed by atoms with van der Waals surface area (Å²) >= 11 is 0. The molecule has 0 saturated carbocycles. The van der Waals surface area contributed by atoms with E-state index < -0.39 is 18.6 Å². The van der Waals surface area contributed by atoms with Crippen molar-refractivity contribution in [1.29, 1.82) is 0 Å². The second kappa shape index (κ2) is 7.59. The van der Waals surface area contributed by atoms with E-state index in [9.17, 15) is 18.0 Å². The molecule has 1 fully saturated rings. The van der Waals surface area contributed by atoms with E-state index in [2.05, 4.69) is 15.2 Å². The van der Waals surface area contributed by atoms with E-state index in [-0.39, 0.29) is 5.56 Å². The number of aromatic nitrogens is 5. The smallest absolute Gasteiger partial charge is 0.378 e. The van der Waals surface area contributed by atoms with Gasteiger partial charge in [-0.25, -0.2) is 4.52 Å². The Morgan fingerprint density at radius 3 is 2.73 bits per heavy atom. The number of halogens is 3. The summed E-state index contributed by atoms with van der Waals surface area (Å²) in [6.45, 7) is 1.25. The molecule has 0 aromatic carbocycles. The number of pyridine rings is 1. The van der Waals surface area contributed by atoms with Crippen molar-refractivity contribution >= 4 is 17.5 Å². The summed E-state index contributed by atoms with van der Waals surface area (Å²) in [6.07, 6.45) is -1.51. The molecule has 0 bridgehead atoms. The van der Waals surface area contributed by atoms with Crippen LogP contribution in [0.2, 0.25) is 0 Å². The van der Waals surface area contributed by atoms with Crippen LogP contribution in [0.5, 0.6) is 0 Å². The lowest BCUT2D eigenvalue weighted by atomic mass is 10.1. The van der Waals surface area contributed by atoms with Gasteiger partial charge in [-0.05, 0) is 12.1 Å². The van der Waals surface area contributed by atoms with Gasteiger partial charge < -0.3 is 14.5 Å². The lowest BCUT2D eigenvalue weighted by Gasteiger charge is -2.25. The minimum atomic E-state index is -4.48. The maximum absolute atomic E-state index is 12.7. The highest BCUT2D eigenvalue weighted by atomic mass is 19.4. The number of carbonyl (C=O) groups is 1. The maximum Gasteiger partial charge on any atom is 0.406 e. The van der Waals surface area contributed by atoms with Gasteiger partial charge in [0.15, 0.2) is 5.65 Å². The Balaban J connectivity index is 1.67. The van der Waals surface area contributed by atoms with Crippen LogP contribution in [0.25, 0.3) is 16.9 Å². The van der Waals surface area contributed by atoms with Gasteiger partial charge in [0.05, 0.1) is 30.7 Å². The van der Waals surface area contributed by atoms with E-state index in [4.69, 9.17) is 4.74 Å². The summed E-state index contributed by atoms with van der Waals surface area (Å²) < 4.78 is 46.5. The van der Waals surface area contributed by atoms with Gasteiger partial charge in [-0.1, -0.05) is 0 Å². The molecule has 1 aliphatic rings. The molecule has 12 heteroatoms. The first-order chi connectivity index (χ1) is 14.2. The first-order valence-corrected chi connectivity index (χ1v) is 9.26. The number of alkyl halides is 3. The normalized spacial score (nSPS) is 15.0. The zero-order chi connectivity index (χ0) is 21.5. The Bertz CT molecular complexity index is 1070. The molecule has 4 rings (SSSR count). The maximum atomic E-state index is 12.7. The second-order valence-corrected chi connectivity index (χ2v) is 7.04. The number of hydrogen-bond acceptors (Lipinski definition) is 6. The third-order valence-corrected chi connectivity index (χ3v) is 4.83. The highest BCUT2D eigenvalue weighted by molar-refractivity contribution is 6.00. The van der Waals surface area contributed by atoms with Crippen molar-refractivity contribution in [2.45, 2.75) is 6.18 Å². The number of fused-ring (bicyclic) bond motifs is 1. The lowest BCUT2D eigenvalue weighted by molar-refractivity contribution is -0.138. The molecule has 0 spiro atoms. The van der Waals surface area contributed by atoms with Gasteiger partial charge in [-0.2, -0.15) is 23.3 Å². The summed E-state index contributed by atoms with van der Waals surface area (Å²) in [6, 6.07) is 3.46. The lowest BCUT2D eigenvalue weighted by Crippen LogP contribution is -2.36. The zero-order valence-electron chi connectivity index (χ0n) is 16.4. The quantitative estimate of drug-likeness (QED) is 0.634. The average molecular weight is 423 g/mol. The predicted octanol–water partition coefficient (Wildman–Crippen LogP) is 1.60. The first-order valence-electron chi connectivity index (χ1n) is 9.26. The molecule has 0 N–H and O–H groups in total. The van der Waals surface area contributed by atoms with E-state index >= 15 is 0 Å². The SMILES string of the molecule is CN(CC(F)(F)F)C(=O)c1cnn(C)c1-c1ccn2nc(N3CCOCC3)nc2c1. The molecule has 0 aliphatic carbocycles. The Labute approximate surface area is 169 Å². The number of rotatable bonds is 4. The van der Waals surface area contributed by atoms with Crippen LogP contribution < -0.4 is 4.90 Å². The third-order valence-electron chi connectivity index (χ3n) is 4.83. The average Bonchev–Trinajstić information content (AvgIpc) is 3.29. The standard InChI is InChI=1S/C18H20F3N7O2/c1-25(11-18(19,20)21)16(29)13-10-22-26(2)15(13)12-3-4-28-14(9-12)23-17(24-28)27-5-7-30-8-6-27/h3-4,9-10H,5-8,11H2,1-2H3. The number of aryl methyl sites for hydroxylation is 1. The van der Waals surface area contributed by atoms with Gasteiger partial charge in [-0.15, -0.1) is 5.10 Å². The molecular weight excluding hydrogens is 403 g/mol. The van der Waals surface area contributed by atoms with Crippen LogP contribution >= 0.6 is 0 Å². The third kappa shape index (κ3) is 3.95. The van der Waals surface area contributed by atoms with Gasteiger partial charge in [0.1, 0.15) is 6.54 Å². The molecule has 1 amide bonds. The fraction of sp³-hybridized carbons (Fsp3) is 0.444. The van der Waals surface area contributed by atoms with E-state index in [1.807, 2.05) is 4.90 Å². The number of amides is 1. The molecule has 0 atom stereocenters. The molecule has 9 nitrogen and oxygen atoms in total. The molecule has 1 saturated heterocycles. The van der Waals surface area contributed by atoms with Gasteiger partial charge >= 0.3 is 6.18 Å². The highest BCUT2D eigenvalue weighted by Gasteiger charge is 2.33. The van der Waals surface area contributed by atoms with Crippen LogP contribution in [0.3, 0.4) is 0 Å². The van der Waals surface area contributed by atoms with Gasteiger partial charge in [-0.3, -0.25) is 9.48 Å². The van der Waals surface area contributed by atoms with Crippen LogP contribution in [-0.4, -0.2) is 81.3 Å². The van der Waals surface area contributed by atoms with E-state index in [1.165, 1.54) is 10.9 Å². The van der Waals surface area contributed by atoms with Crippen molar-refractivity contribution in [2.75, 3.05) is 44.8 Å². The van der Waals surface area contributed by atoms with Crippen LogP contribution in [0, 0.1) is 0 Å². The second-order valence-electron chi connectivity index (χ2n) is 7.04. The summed E-state index contributed by atoms with van der Waals surface area (Å²) in [5, 5.41) is 8.54. The van der Waals surface area contributed by atoms with Crippen LogP contribution in [0.4, 0.5) is 19.1 Å². The number of hydrogen-bond donors (Lipinski definition) is 0. The van der Waals surface area contributed by atoms with Crippen molar-refractivity contribution in [2.24, 2.45) is 7.05 Å². The topological polar surface area (TPSA) is 80.8 Å². The summed E-state index contributed by atoms with van der Waals surface area (Å²) in [4.78, 5) is 19.8. The molecule has 4 heterocycles. The number of carbonyl (C=O) groups excluding carboxylic acids is 1. The fourth-order valence-electron chi connectivity index (χ4n) is 3.40. The first kappa shape index (κ1) is 20.1. The Morgan fingerprint density at radius 1 is 1.30 bits per heavy atom. The minimum absolute atomic E-state index is 0.0847. The van der Waals surface area contributed by atoms with Crippen LogP contribution in [0.15, 0.2) is 24.5 Å². The largest absolute Gasteiger partial charge is 0.406 e. The zero-order valence-corrected chi connectivity index (χ0v) is 16.4. The van der Waals surface area contributed by atoms with Crippen molar-refractivity contribution in [1.82, 2.24) is 29.3 Å². The van der Waals surface area contributed by atoms with Crippen molar-refractivity contribution in [3.8, 4) is 11.3 Å². The van der Waals surface area contributed by atoms with Crippen molar-refractivity contribution in [3.63, 3.8) is 0 Å². The van der Waals surface area contributed by atoms with Crippen molar-refractivity contribution in [3.05, 3.63) is 30.1 Å². The minimum Gasteiger partial charge on any atom is -0.378 e. The number of morpholine rings is 1. The van der Waals surface area contributed by atoms with Crippen LogP contribution in [-0.2, 0) is 11.8 Å². The highest BCUT2D eigenvalue weighted by Crippen LogP contribution is 2.26. The van der Waals surface area contributed by atoms with Crippen molar-refractivity contribution < 1.29 is 22.7 Å². The van der Waals surface area contributed by atoms with Crippen LogP contribution in [0.1, 0.15) is 10.4 Å². The van der Waals surface area contributed by atoms with E-state index in [0.717, 1.165) is 7.05 Å². The molecule has 3 aromatic rings. The predicted molar refractivity (Wildman–Crippen MR) is 101 cm³/mol. The molecule has 1 aliphatic heterocycles. The molecule has 0 radical (unpaired) electrons. The molecule has 160 valence electrons. The van der Waals surface area contributed by atoms with Gasteiger partial charge in [0.2, 0.25) is 5.95 Å². The molecule has 0 unspecified atom stereocenters. The number of ether oxygens (including phenoxy) is 1.